The Hall–Kier alpha value is -1.96. The first-order valence-electron chi connectivity index (χ1n) is 7.51. The molecule has 0 aliphatic carbocycles. The summed E-state index contributed by atoms with van der Waals surface area (Å²) in [5, 5.41) is 15.6. The topological polar surface area (TPSA) is 80.0 Å². The zero-order valence-corrected chi connectivity index (χ0v) is 14.2. The molecule has 0 atom stereocenters. The van der Waals surface area contributed by atoms with Crippen LogP contribution in [-0.2, 0) is 25.9 Å². The van der Waals surface area contributed by atoms with Crippen molar-refractivity contribution < 1.29 is 0 Å². The Balaban J connectivity index is 1.75. The van der Waals surface area contributed by atoms with Gasteiger partial charge in [-0.3, -0.25) is 4.99 Å². The van der Waals surface area contributed by atoms with Gasteiger partial charge in [-0.1, -0.05) is 13.8 Å². The number of hydrogen-bond donors (Lipinski definition) is 2. The summed E-state index contributed by atoms with van der Waals surface area (Å²) in [6, 6.07) is 0. The molecule has 2 heterocycles. The van der Waals surface area contributed by atoms with E-state index in [0.29, 0.717) is 6.54 Å². The van der Waals surface area contributed by atoms with E-state index in [1.54, 1.807) is 24.7 Å². The van der Waals surface area contributed by atoms with Gasteiger partial charge < -0.3 is 15.2 Å². The average Bonchev–Trinajstić information content (AvgIpc) is 3.19. The molecule has 0 radical (unpaired) electrons. The van der Waals surface area contributed by atoms with Crippen molar-refractivity contribution in [1.29, 1.82) is 0 Å². The normalized spacial score (nSPS) is 11.7. The second-order valence-electron chi connectivity index (χ2n) is 4.72. The molecule has 2 N–H and O–H groups in total. The Labute approximate surface area is 134 Å². The van der Waals surface area contributed by atoms with Crippen molar-refractivity contribution in [2.45, 2.75) is 39.8 Å². The molecule has 0 fully saturated rings. The maximum atomic E-state index is 4.39. The van der Waals surface area contributed by atoms with Crippen molar-refractivity contribution in [2.75, 3.05) is 13.6 Å². The summed E-state index contributed by atoms with van der Waals surface area (Å²) in [6.45, 7) is 6.49. The van der Waals surface area contributed by atoms with Crippen LogP contribution >= 0.6 is 11.3 Å². The minimum Gasteiger partial charge on any atom is -0.355 e. The minimum atomic E-state index is 0.692. The summed E-state index contributed by atoms with van der Waals surface area (Å²) in [5.74, 6) is 1.78. The maximum Gasteiger partial charge on any atom is 0.191 e. The van der Waals surface area contributed by atoms with Gasteiger partial charge in [-0.25, -0.2) is 4.98 Å². The first-order chi connectivity index (χ1) is 10.8. The number of aromatic nitrogens is 4. The second-order valence-corrected chi connectivity index (χ2v) is 5.92. The summed E-state index contributed by atoms with van der Waals surface area (Å²) < 4.78 is 2.05. The highest BCUT2D eigenvalue weighted by Crippen LogP contribution is 2.12. The van der Waals surface area contributed by atoms with Crippen LogP contribution in [0.15, 0.2) is 17.5 Å². The highest BCUT2D eigenvalue weighted by Gasteiger charge is 2.04. The number of aliphatic imine (C=N–C) groups is 1. The van der Waals surface area contributed by atoms with E-state index in [0.717, 1.165) is 42.7 Å². The Bertz CT molecular complexity index is 602. The number of guanidine groups is 1. The van der Waals surface area contributed by atoms with E-state index in [1.165, 1.54) is 4.88 Å². The first-order valence-corrected chi connectivity index (χ1v) is 8.33. The Morgan fingerprint density at radius 3 is 2.86 bits per heavy atom. The third-order valence-electron chi connectivity index (χ3n) is 3.24. The molecular formula is C14H23N7S. The van der Waals surface area contributed by atoms with Crippen LogP contribution in [-0.4, -0.2) is 39.3 Å². The molecule has 2 aromatic heterocycles. The molecule has 120 valence electrons. The predicted octanol–water partition coefficient (Wildman–Crippen LogP) is 1.22. The van der Waals surface area contributed by atoms with Crippen molar-refractivity contribution in [2.24, 2.45) is 4.99 Å². The van der Waals surface area contributed by atoms with Gasteiger partial charge in [-0.05, 0) is 6.42 Å². The molecular weight excluding hydrogens is 298 g/mol. The number of hydrogen-bond acceptors (Lipinski definition) is 5. The van der Waals surface area contributed by atoms with E-state index in [9.17, 15) is 0 Å². The van der Waals surface area contributed by atoms with Gasteiger partial charge in [0, 0.05) is 37.6 Å². The minimum absolute atomic E-state index is 0.692. The van der Waals surface area contributed by atoms with Gasteiger partial charge in [0.05, 0.1) is 6.54 Å². The van der Waals surface area contributed by atoms with E-state index < -0.39 is 0 Å². The van der Waals surface area contributed by atoms with Crippen LogP contribution in [0.2, 0.25) is 0 Å². The van der Waals surface area contributed by atoms with Crippen LogP contribution in [0.3, 0.4) is 0 Å². The van der Waals surface area contributed by atoms with E-state index in [-0.39, 0.29) is 0 Å². The zero-order valence-electron chi connectivity index (χ0n) is 13.3. The molecule has 0 aliphatic heterocycles. The smallest absolute Gasteiger partial charge is 0.191 e. The quantitative estimate of drug-likeness (QED) is 0.592. The standard InChI is InChI=1S/C14H23N7S/c1-4-11-8-17-13(22-11)9-18-14(15-3)16-6-7-21-10-19-20-12(21)5-2/h8,10H,4-7,9H2,1-3H3,(H2,15,16,18). The van der Waals surface area contributed by atoms with Crippen LogP contribution in [0.25, 0.3) is 0 Å². The molecule has 22 heavy (non-hydrogen) atoms. The highest BCUT2D eigenvalue weighted by molar-refractivity contribution is 7.11. The van der Waals surface area contributed by atoms with E-state index >= 15 is 0 Å². The maximum absolute atomic E-state index is 4.39. The van der Waals surface area contributed by atoms with Gasteiger partial charge >= 0.3 is 0 Å². The fraction of sp³-hybridized carbons (Fsp3) is 0.571. The van der Waals surface area contributed by atoms with Crippen LogP contribution in [0.4, 0.5) is 0 Å². The first kappa shape index (κ1) is 16.4. The van der Waals surface area contributed by atoms with Gasteiger partial charge in [0.2, 0.25) is 0 Å². The molecule has 0 bridgehead atoms. The highest BCUT2D eigenvalue weighted by atomic mass is 32.1. The molecule has 2 rings (SSSR count). The number of nitrogens with one attached hydrogen (secondary N) is 2. The van der Waals surface area contributed by atoms with Crippen LogP contribution in [0.1, 0.15) is 29.6 Å². The van der Waals surface area contributed by atoms with E-state index in [2.05, 4.69) is 49.2 Å². The Morgan fingerprint density at radius 1 is 1.32 bits per heavy atom. The van der Waals surface area contributed by atoms with Crippen molar-refractivity contribution >= 4 is 17.3 Å². The monoisotopic (exact) mass is 321 g/mol. The Kier molecular flexibility index (Phi) is 6.32. The van der Waals surface area contributed by atoms with Gasteiger partial charge in [0.1, 0.15) is 17.2 Å². The van der Waals surface area contributed by atoms with E-state index in [4.69, 9.17) is 0 Å². The van der Waals surface area contributed by atoms with Crippen LogP contribution < -0.4 is 10.6 Å². The van der Waals surface area contributed by atoms with Crippen molar-refractivity contribution in [3.63, 3.8) is 0 Å². The number of thiazole rings is 1. The van der Waals surface area contributed by atoms with Crippen molar-refractivity contribution in [1.82, 2.24) is 30.4 Å². The lowest BCUT2D eigenvalue weighted by atomic mass is 10.4. The molecule has 7 nitrogen and oxygen atoms in total. The Morgan fingerprint density at radius 2 is 2.18 bits per heavy atom. The summed E-state index contributed by atoms with van der Waals surface area (Å²) in [6.07, 6.45) is 5.62. The number of nitrogens with zero attached hydrogens (tertiary/aromatic N) is 5. The van der Waals surface area contributed by atoms with Gasteiger partial charge in [-0.15, -0.1) is 21.5 Å². The molecule has 0 amide bonds. The fourth-order valence-corrected chi connectivity index (χ4v) is 2.81. The van der Waals surface area contributed by atoms with Gasteiger partial charge in [0.25, 0.3) is 0 Å². The number of rotatable bonds is 7. The lowest BCUT2D eigenvalue weighted by Crippen LogP contribution is -2.38. The molecule has 0 saturated heterocycles. The summed E-state index contributed by atoms with van der Waals surface area (Å²) in [4.78, 5) is 9.92. The second kappa shape index (κ2) is 8.47. The molecule has 0 spiro atoms. The summed E-state index contributed by atoms with van der Waals surface area (Å²) in [7, 11) is 1.77. The SMILES string of the molecule is CCc1cnc(CNC(=NC)NCCn2cnnc2CC)s1. The van der Waals surface area contributed by atoms with Crippen molar-refractivity contribution in [3.8, 4) is 0 Å². The molecule has 8 heteroatoms. The summed E-state index contributed by atoms with van der Waals surface area (Å²) >= 11 is 1.74. The average molecular weight is 321 g/mol. The molecule has 0 saturated carbocycles. The van der Waals surface area contributed by atoms with Crippen LogP contribution in [0, 0.1) is 0 Å². The predicted molar refractivity (Wildman–Crippen MR) is 89.1 cm³/mol. The van der Waals surface area contributed by atoms with E-state index in [1.807, 2.05) is 6.20 Å². The van der Waals surface area contributed by atoms with Gasteiger partial charge in [-0.2, -0.15) is 0 Å². The molecule has 2 aromatic rings. The zero-order chi connectivity index (χ0) is 15.8. The molecule has 0 aromatic carbocycles. The largest absolute Gasteiger partial charge is 0.355 e. The lowest BCUT2D eigenvalue weighted by molar-refractivity contribution is 0.632. The lowest BCUT2D eigenvalue weighted by Gasteiger charge is -2.11. The van der Waals surface area contributed by atoms with Gasteiger partial charge in [0.15, 0.2) is 5.96 Å². The third kappa shape index (κ3) is 4.52. The number of aryl methyl sites for hydroxylation is 2. The molecule has 0 aliphatic rings. The fourth-order valence-electron chi connectivity index (χ4n) is 2.01. The van der Waals surface area contributed by atoms with Crippen LogP contribution in [0.5, 0.6) is 0 Å². The summed E-state index contributed by atoms with van der Waals surface area (Å²) in [5.41, 5.74) is 0. The van der Waals surface area contributed by atoms with Crippen molar-refractivity contribution in [3.05, 3.63) is 28.2 Å². The third-order valence-corrected chi connectivity index (χ3v) is 4.38. The molecule has 0 unspecified atom stereocenters.